The molecule has 0 aromatic carbocycles. The molecule has 2 aromatic rings. The Bertz CT molecular complexity index is 819. The van der Waals surface area contributed by atoms with Crippen LogP contribution >= 0.6 is 0 Å². The van der Waals surface area contributed by atoms with Gasteiger partial charge in [0.15, 0.2) is 0 Å². The minimum atomic E-state index is 0.104. The SMILES string of the molecule is Cc1noc(C)c1CN1CC2(CCN(Cc3cccnc3N)CC2)CC1=O. The van der Waals surface area contributed by atoms with Crippen LogP contribution in [0.3, 0.4) is 0 Å². The number of nitrogens with zero attached hydrogens (tertiary/aromatic N) is 4. The molecule has 0 atom stereocenters. The van der Waals surface area contributed by atoms with E-state index in [4.69, 9.17) is 10.3 Å². The van der Waals surface area contributed by atoms with E-state index < -0.39 is 0 Å². The molecule has 144 valence electrons. The maximum Gasteiger partial charge on any atom is 0.223 e. The van der Waals surface area contributed by atoms with Crippen molar-refractivity contribution in [2.75, 3.05) is 25.4 Å². The molecule has 2 aromatic heterocycles. The van der Waals surface area contributed by atoms with Gasteiger partial charge in [-0.25, -0.2) is 4.98 Å². The van der Waals surface area contributed by atoms with Crippen LogP contribution in [-0.4, -0.2) is 45.5 Å². The largest absolute Gasteiger partial charge is 0.383 e. The van der Waals surface area contributed by atoms with E-state index in [1.807, 2.05) is 30.9 Å². The Hall–Kier alpha value is -2.41. The Morgan fingerprint density at radius 1 is 1.26 bits per heavy atom. The van der Waals surface area contributed by atoms with Crippen LogP contribution in [0.4, 0.5) is 5.82 Å². The minimum Gasteiger partial charge on any atom is -0.383 e. The molecule has 0 saturated carbocycles. The van der Waals surface area contributed by atoms with Crippen molar-refractivity contribution in [3.05, 3.63) is 40.9 Å². The van der Waals surface area contributed by atoms with Gasteiger partial charge in [-0.15, -0.1) is 0 Å². The average molecular weight is 369 g/mol. The van der Waals surface area contributed by atoms with Gasteiger partial charge in [-0.3, -0.25) is 9.69 Å². The first-order valence-electron chi connectivity index (χ1n) is 9.57. The van der Waals surface area contributed by atoms with Crippen LogP contribution in [0, 0.1) is 19.3 Å². The Kier molecular flexibility index (Phi) is 4.63. The zero-order valence-corrected chi connectivity index (χ0v) is 16.1. The van der Waals surface area contributed by atoms with Crippen LogP contribution in [0.2, 0.25) is 0 Å². The van der Waals surface area contributed by atoms with Gasteiger partial charge in [0.1, 0.15) is 11.6 Å². The fourth-order valence-corrected chi connectivity index (χ4v) is 4.39. The molecule has 0 radical (unpaired) electrons. The van der Waals surface area contributed by atoms with Gasteiger partial charge in [-0.2, -0.15) is 0 Å². The fourth-order valence-electron chi connectivity index (χ4n) is 4.39. The van der Waals surface area contributed by atoms with Gasteiger partial charge in [0.05, 0.1) is 12.2 Å². The van der Waals surface area contributed by atoms with Gasteiger partial charge < -0.3 is 15.2 Å². The van der Waals surface area contributed by atoms with Crippen molar-refractivity contribution in [1.29, 1.82) is 0 Å². The van der Waals surface area contributed by atoms with Crippen LogP contribution < -0.4 is 5.73 Å². The van der Waals surface area contributed by atoms with Crippen molar-refractivity contribution in [1.82, 2.24) is 19.9 Å². The van der Waals surface area contributed by atoms with Gasteiger partial charge in [0.2, 0.25) is 5.91 Å². The predicted octanol–water partition coefficient (Wildman–Crippen LogP) is 2.28. The van der Waals surface area contributed by atoms with Crippen LogP contribution in [-0.2, 0) is 17.9 Å². The van der Waals surface area contributed by atoms with E-state index in [2.05, 4.69) is 15.0 Å². The normalized spacial score (nSPS) is 19.9. The highest BCUT2D eigenvalue weighted by atomic mass is 16.5. The molecule has 2 fully saturated rings. The summed E-state index contributed by atoms with van der Waals surface area (Å²) >= 11 is 0. The molecule has 4 rings (SSSR count). The number of carbonyl (C=O) groups is 1. The standard InChI is InChI=1S/C20H27N5O2/c1-14-17(15(2)27-23-14)12-25-13-20(10-18(25)26)5-8-24(9-6-20)11-16-4-3-7-22-19(16)21/h3-4,7H,5-6,8-13H2,1-2H3,(H2,21,22). The highest BCUT2D eigenvalue weighted by molar-refractivity contribution is 5.79. The van der Waals surface area contributed by atoms with E-state index in [1.165, 1.54) is 0 Å². The van der Waals surface area contributed by atoms with Crippen LogP contribution in [0.1, 0.15) is 41.8 Å². The highest BCUT2D eigenvalue weighted by Crippen LogP contribution is 2.42. The van der Waals surface area contributed by atoms with Crippen molar-refractivity contribution in [3.63, 3.8) is 0 Å². The number of aryl methyl sites for hydroxylation is 2. The van der Waals surface area contributed by atoms with Crippen LogP contribution in [0.25, 0.3) is 0 Å². The van der Waals surface area contributed by atoms with Crippen molar-refractivity contribution in [2.24, 2.45) is 5.41 Å². The zero-order chi connectivity index (χ0) is 19.0. The van der Waals surface area contributed by atoms with Gasteiger partial charge >= 0.3 is 0 Å². The fraction of sp³-hybridized carbons (Fsp3) is 0.550. The summed E-state index contributed by atoms with van der Waals surface area (Å²) in [5.41, 5.74) is 9.09. The highest BCUT2D eigenvalue weighted by Gasteiger charge is 2.45. The lowest BCUT2D eigenvalue weighted by Gasteiger charge is -2.39. The Labute approximate surface area is 159 Å². The summed E-state index contributed by atoms with van der Waals surface area (Å²) < 4.78 is 5.25. The minimum absolute atomic E-state index is 0.104. The third kappa shape index (κ3) is 3.56. The van der Waals surface area contributed by atoms with Crippen LogP contribution in [0.15, 0.2) is 22.9 Å². The zero-order valence-electron chi connectivity index (χ0n) is 16.1. The molecular weight excluding hydrogens is 342 g/mol. The summed E-state index contributed by atoms with van der Waals surface area (Å²) in [4.78, 5) is 21.2. The molecule has 1 spiro atoms. The lowest BCUT2D eigenvalue weighted by Crippen LogP contribution is -2.41. The topological polar surface area (TPSA) is 88.5 Å². The summed E-state index contributed by atoms with van der Waals surface area (Å²) in [6.07, 6.45) is 4.45. The maximum absolute atomic E-state index is 12.7. The lowest BCUT2D eigenvalue weighted by atomic mass is 9.77. The summed E-state index contributed by atoms with van der Waals surface area (Å²) in [7, 11) is 0. The molecule has 2 N–H and O–H groups in total. The van der Waals surface area contributed by atoms with E-state index in [-0.39, 0.29) is 11.3 Å². The molecule has 4 heterocycles. The monoisotopic (exact) mass is 369 g/mol. The van der Waals surface area contributed by atoms with E-state index in [1.54, 1.807) is 6.20 Å². The molecule has 0 bridgehead atoms. The molecule has 2 aliphatic heterocycles. The number of piperidine rings is 1. The Morgan fingerprint density at radius 2 is 2.04 bits per heavy atom. The molecule has 7 heteroatoms. The average Bonchev–Trinajstić information content (AvgIpc) is 3.13. The number of carbonyl (C=O) groups excluding carboxylic acids is 1. The molecule has 2 aliphatic rings. The first kappa shape index (κ1) is 18.0. The number of anilines is 1. The summed E-state index contributed by atoms with van der Waals surface area (Å²) in [6.45, 7) is 8.09. The van der Waals surface area contributed by atoms with E-state index in [9.17, 15) is 4.79 Å². The maximum atomic E-state index is 12.7. The van der Waals surface area contributed by atoms with Crippen molar-refractivity contribution >= 4 is 11.7 Å². The third-order valence-electron chi connectivity index (χ3n) is 6.17. The molecule has 27 heavy (non-hydrogen) atoms. The third-order valence-corrected chi connectivity index (χ3v) is 6.17. The number of aromatic nitrogens is 2. The van der Waals surface area contributed by atoms with Gasteiger partial charge in [-0.05, 0) is 51.3 Å². The van der Waals surface area contributed by atoms with Gasteiger partial charge in [0.25, 0.3) is 0 Å². The molecule has 0 aliphatic carbocycles. The molecule has 7 nitrogen and oxygen atoms in total. The first-order chi connectivity index (χ1) is 13.0. The molecule has 2 saturated heterocycles. The number of rotatable bonds is 4. The number of pyridine rings is 1. The van der Waals surface area contributed by atoms with Crippen LogP contribution in [0.5, 0.6) is 0 Å². The Balaban J connectivity index is 1.37. The summed E-state index contributed by atoms with van der Waals surface area (Å²) in [6, 6.07) is 3.97. The second-order valence-corrected chi connectivity index (χ2v) is 8.05. The quantitative estimate of drug-likeness (QED) is 0.889. The number of hydrogen-bond acceptors (Lipinski definition) is 6. The predicted molar refractivity (Wildman–Crippen MR) is 102 cm³/mol. The van der Waals surface area contributed by atoms with Gasteiger partial charge in [0, 0.05) is 36.8 Å². The number of nitrogen functional groups attached to an aromatic ring is 1. The van der Waals surface area contributed by atoms with Crippen molar-refractivity contribution < 1.29 is 9.32 Å². The molecular formula is C20H27N5O2. The number of nitrogens with two attached hydrogens (primary N) is 1. The summed E-state index contributed by atoms with van der Waals surface area (Å²) in [5, 5.41) is 4.01. The Morgan fingerprint density at radius 3 is 2.70 bits per heavy atom. The second-order valence-electron chi connectivity index (χ2n) is 8.05. The molecule has 0 unspecified atom stereocenters. The molecule has 1 amide bonds. The smallest absolute Gasteiger partial charge is 0.223 e. The number of hydrogen-bond donors (Lipinski definition) is 1. The second kappa shape index (κ2) is 6.96. The number of likely N-dealkylation sites (tertiary alicyclic amines) is 2. The van der Waals surface area contributed by atoms with Crippen molar-refractivity contribution in [2.45, 2.75) is 46.2 Å². The summed E-state index contributed by atoms with van der Waals surface area (Å²) in [5.74, 6) is 1.67. The number of amides is 1. The van der Waals surface area contributed by atoms with E-state index >= 15 is 0 Å². The van der Waals surface area contributed by atoms with Crippen molar-refractivity contribution in [3.8, 4) is 0 Å². The lowest BCUT2D eigenvalue weighted by molar-refractivity contribution is -0.128. The van der Waals surface area contributed by atoms with E-state index in [0.717, 1.165) is 61.6 Å². The van der Waals surface area contributed by atoms with Gasteiger partial charge in [-0.1, -0.05) is 11.2 Å². The van der Waals surface area contributed by atoms with E-state index in [0.29, 0.717) is 18.8 Å². The first-order valence-corrected chi connectivity index (χ1v) is 9.57.